The van der Waals surface area contributed by atoms with E-state index in [1.54, 1.807) is 6.92 Å². The Hall–Kier alpha value is -1.55. The molecule has 0 atom stereocenters. The molecule has 0 unspecified atom stereocenters. The second-order valence-corrected chi connectivity index (χ2v) is 5.06. The fraction of sp³-hybridized carbons (Fsp3) is 0.500. The van der Waals surface area contributed by atoms with Gasteiger partial charge in [-0.3, -0.25) is 4.79 Å². The highest BCUT2D eigenvalue weighted by atomic mass is 16.2. The summed E-state index contributed by atoms with van der Waals surface area (Å²) in [5.74, 6) is 0.105. The van der Waals surface area contributed by atoms with Crippen molar-refractivity contribution in [2.24, 2.45) is 0 Å². The predicted octanol–water partition coefficient (Wildman–Crippen LogP) is 2.15. The van der Waals surface area contributed by atoms with Crippen LogP contribution in [0.25, 0.3) is 0 Å². The van der Waals surface area contributed by atoms with E-state index in [1.807, 2.05) is 36.3 Å². The number of anilines is 1. The highest BCUT2D eigenvalue weighted by molar-refractivity contribution is 5.74. The van der Waals surface area contributed by atoms with Crippen molar-refractivity contribution in [1.82, 2.24) is 9.60 Å². The molecule has 0 aromatic heterocycles. The summed E-state index contributed by atoms with van der Waals surface area (Å²) in [5, 5.41) is 1.85. The lowest BCUT2D eigenvalue weighted by molar-refractivity contribution is -0.143. The van der Waals surface area contributed by atoms with Crippen molar-refractivity contribution < 1.29 is 4.79 Å². The highest BCUT2D eigenvalue weighted by Crippen LogP contribution is 2.31. The first-order valence-electron chi connectivity index (χ1n) is 6.54. The number of rotatable bonds is 2. The standard InChI is InChI=1S/C14H22N3O/c1-12(18)16(2)17(10-4-3-5-11-17)14-8-6-13(15)7-9-14/h6-9H,3-5,10-11,15H2,1-2H3/q+1. The maximum atomic E-state index is 11.8. The van der Waals surface area contributed by atoms with E-state index in [0.29, 0.717) is 4.59 Å². The molecule has 0 radical (unpaired) electrons. The van der Waals surface area contributed by atoms with Gasteiger partial charge < -0.3 is 5.73 Å². The van der Waals surface area contributed by atoms with Crippen molar-refractivity contribution in [3.8, 4) is 0 Å². The van der Waals surface area contributed by atoms with Crippen LogP contribution in [-0.2, 0) is 4.79 Å². The molecule has 4 heteroatoms. The Bertz CT molecular complexity index is 421. The van der Waals surface area contributed by atoms with Crippen LogP contribution in [0, 0.1) is 0 Å². The average molecular weight is 248 g/mol. The first kappa shape index (κ1) is 12.9. The Morgan fingerprint density at radius 1 is 1.17 bits per heavy atom. The van der Waals surface area contributed by atoms with E-state index < -0.39 is 0 Å². The summed E-state index contributed by atoms with van der Waals surface area (Å²) in [5.41, 5.74) is 7.67. The minimum atomic E-state index is 0.105. The zero-order valence-electron chi connectivity index (χ0n) is 11.2. The summed E-state index contributed by atoms with van der Waals surface area (Å²) in [6.45, 7) is 3.60. The number of carbonyl (C=O) groups excluding carboxylic acids is 1. The largest absolute Gasteiger partial charge is 0.399 e. The second-order valence-electron chi connectivity index (χ2n) is 5.06. The summed E-state index contributed by atoms with van der Waals surface area (Å²) in [6.07, 6.45) is 3.56. The van der Waals surface area contributed by atoms with Crippen molar-refractivity contribution >= 4 is 17.3 Å². The van der Waals surface area contributed by atoms with Gasteiger partial charge in [-0.1, -0.05) is 0 Å². The van der Waals surface area contributed by atoms with Crippen molar-refractivity contribution in [2.45, 2.75) is 26.2 Å². The molecule has 1 heterocycles. The van der Waals surface area contributed by atoms with Crippen LogP contribution in [0.5, 0.6) is 0 Å². The van der Waals surface area contributed by atoms with Crippen LogP contribution in [0.2, 0.25) is 0 Å². The number of piperidine rings is 1. The van der Waals surface area contributed by atoms with Crippen LogP contribution >= 0.6 is 0 Å². The minimum absolute atomic E-state index is 0.105. The zero-order chi connectivity index (χ0) is 13.2. The fourth-order valence-corrected chi connectivity index (χ4v) is 2.79. The number of benzene rings is 1. The van der Waals surface area contributed by atoms with E-state index in [0.717, 1.165) is 37.3 Å². The quantitative estimate of drug-likeness (QED) is 0.644. The van der Waals surface area contributed by atoms with Gasteiger partial charge in [0.05, 0.1) is 7.05 Å². The Morgan fingerprint density at radius 2 is 1.72 bits per heavy atom. The molecule has 0 spiro atoms. The molecule has 0 bridgehead atoms. The molecule has 1 amide bonds. The maximum Gasteiger partial charge on any atom is 0.264 e. The van der Waals surface area contributed by atoms with E-state index in [9.17, 15) is 4.79 Å². The number of nitrogen functional groups attached to an aromatic ring is 1. The number of nitrogens with zero attached hydrogens (tertiary/aromatic N) is 2. The molecular weight excluding hydrogens is 226 g/mol. The zero-order valence-corrected chi connectivity index (χ0v) is 11.2. The van der Waals surface area contributed by atoms with Crippen LogP contribution in [0.3, 0.4) is 0 Å². The van der Waals surface area contributed by atoms with E-state index >= 15 is 0 Å². The van der Waals surface area contributed by atoms with Gasteiger partial charge in [-0.2, -0.15) is 9.60 Å². The van der Waals surface area contributed by atoms with Gasteiger partial charge in [0.25, 0.3) is 5.91 Å². The molecule has 0 saturated carbocycles. The van der Waals surface area contributed by atoms with Crippen LogP contribution in [0.1, 0.15) is 26.2 Å². The number of quaternary nitrogens is 1. The molecule has 1 saturated heterocycles. The summed E-state index contributed by atoms with van der Waals surface area (Å²) in [7, 11) is 1.89. The molecule has 0 aliphatic carbocycles. The predicted molar refractivity (Wildman–Crippen MR) is 74.7 cm³/mol. The number of hydrogen-bond donors (Lipinski definition) is 1. The first-order chi connectivity index (χ1) is 8.56. The Balaban J connectivity index is 2.41. The molecule has 1 aromatic rings. The van der Waals surface area contributed by atoms with Crippen LogP contribution in [0.4, 0.5) is 11.4 Å². The summed E-state index contributed by atoms with van der Waals surface area (Å²) < 4.78 is 0.635. The van der Waals surface area contributed by atoms with Gasteiger partial charge in [0, 0.05) is 24.7 Å². The third-order valence-corrected chi connectivity index (χ3v) is 3.96. The van der Waals surface area contributed by atoms with Crippen LogP contribution < -0.4 is 10.3 Å². The van der Waals surface area contributed by atoms with Gasteiger partial charge in [0.15, 0.2) is 5.69 Å². The first-order valence-corrected chi connectivity index (χ1v) is 6.54. The van der Waals surface area contributed by atoms with Gasteiger partial charge in [0.1, 0.15) is 13.1 Å². The molecule has 1 aliphatic heterocycles. The number of nitrogens with two attached hydrogens (primary N) is 1. The average Bonchev–Trinajstić information content (AvgIpc) is 2.39. The topological polar surface area (TPSA) is 46.3 Å². The summed E-state index contributed by atoms with van der Waals surface area (Å²) in [4.78, 5) is 11.8. The van der Waals surface area contributed by atoms with E-state index in [1.165, 1.54) is 6.42 Å². The summed E-state index contributed by atoms with van der Waals surface area (Å²) >= 11 is 0. The van der Waals surface area contributed by atoms with E-state index in [4.69, 9.17) is 5.73 Å². The molecular formula is C14H22N3O+. The lowest BCUT2D eigenvalue weighted by Crippen LogP contribution is -2.64. The molecule has 2 N–H and O–H groups in total. The molecule has 4 nitrogen and oxygen atoms in total. The molecule has 2 rings (SSSR count). The van der Waals surface area contributed by atoms with Crippen molar-refractivity contribution in [3.63, 3.8) is 0 Å². The number of amides is 1. The van der Waals surface area contributed by atoms with Gasteiger partial charge >= 0.3 is 0 Å². The van der Waals surface area contributed by atoms with Crippen LogP contribution in [-0.4, -0.2) is 31.1 Å². The lowest BCUT2D eigenvalue weighted by Gasteiger charge is -2.45. The molecule has 18 heavy (non-hydrogen) atoms. The third kappa shape index (κ3) is 2.20. The van der Waals surface area contributed by atoms with E-state index in [2.05, 4.69) is 0 Å². The third-order valence-electron chi connectivity index (χ3n) is 3.96. The van der Waals surface area contributed by atoms with Crippen molar-refractivity contribution in [1.29, 1.82) is 0 Å². The monoisotopic (exact) mass is 248 g/mol. The van der Waals surface area contributed by atoms with Crippen molar-refractivity contribution in [3.05, 3.63) is 24.3 Å². The molecule has 1 aliphatic rings. The number of carbonyl (C=O) groups is 1. The number of hydrogen-bond acceptors (Lipinski definition) is 2. The van der Waals surface area contributed by atoms with Gasteiger partial charge in [-0.05, 0) is 31.4 Å². The molecule has 1 fully saturated rings. The van der Waals surface area contributed by atoms with Crippen molar-refractivity contribution in [2.75, 3.05) is 25.9 Å². The highest BCUT2D eigenvalue weighted by Gasteiger charge is 2.38. The lowest BCUT2D eigenvalue weighted by atomic mass is 10.1. The van der Waals surface area contributed by atoms with Gasteiger partial charge in [-0.25, -0.2) is 0 Å². The minimum Gasteiger partial charge on any atom is -0.399 e. The maximum absolute atomic E-state index is 11.8. The second kappa shape index (κ2) is 4.98. The Morgan fingerprint density at radius 3 is 2.22 bits per heavy atom. The molecule has 98 valence electrons. The van der Waals surface area contributed by atoms with Gasteiger partial charge in [-0.15, -0.1) is 0 Å². The smallest absolute Gasteiger partial charge is 0.264 e. The van der Waals surface area contributed by atoms with Gasteiger partial charge in [0.2, 0.25) is 0 Å². The van der Waals surface area contributed by atoms with E-state index in [-0.39, 0.29) is 5.91 Å². The Labute approximate surface area is 109 Å². The SMILES string of the molecule is CC(=O)N(C)[N+]1(c2ccc(N)cc2)CCCCC1. The molecule has 1 aromatic carbocycles. The fourth-order valence-electron chi connectivity index (χ4n) is 2.79. The Kier molecular flexibility index (Phi) is 3.57. The van der Waals surface area contributed by atoms with Crippen LogP contribution in [0.15, 0.2) is 24.3 Å². The normalized spacial score (nSPS) is 18.3. The summed E-state index contributed by atoms with van der Waals surface area (Å²) in [6, 6.07) is 7.91.